The lowest BCUT2D eigenvalue weighted by Gasteiger charge is -1.96. The van der Waals surface area contributed by atoms with Gasteiger partial charge in [-0.15, -0.1) is 0 Å². The molecule has 0 heterocycles. The Balaban J connectivity index is 3.19. The van der Waals surface area contributed by atoms with Crippen LogP contribution < -0.4 is 0 Å². The fraction of sp³-hybridized carbons (Fsp3) is 0.143. The lowest BCUT2D eigenvalue weighted by molar-refractivity contribution is 0.623. The molecule has 0 saturated heterocycles. The molecule has 1 nitrogen and oxygen atoms in total. The van der Waals surface area contributed by atoms with Crippen LogP contribution in [0.25, 0.3) is 0 Å². The van der Waals surface area contributed by atoms with Crippen molar-refractivity contribution in [3.8, 4) is 0 Å². The Bertz CT molecular complexity index is 280. The maximum atomic E-state index is 12.6. The summed E-state index contributed by atoms with van der Waals surface area (Å²) in [5.74, 6) is -0.456. The molecular formula is C7H6ClFOS. The fourth-order valence-electron chi connectivity index (χ4n) is 0.694. The van der Waals surface area contributed by atoms with E-state index < -0.39 is 16.6 Å². The quantitative estimate of drug-likeness (QED) is 0.667. The molecule has 1 rings (SSSR count). The minimum absolute atomic E-state index is 0.273. The van der Waals surface area contributed by atoms with Gasteiger partial charge in [0.25, 0.3) is 0 Å². The number of hydrogen-bond acceptors (Lipinski definition) is 1. The van der Waals surface area contributed by atoms with Crippen molar-refractivity contribution >= 4 is 22.4 Å². The molecule has 1 aromatic rings. The standard InChI is InChI=1S/C7H6ClFOS/c1-11(10)7-3-5(8)2-6(9)4-7/h2-4H,1H3. The van der Waals surface area contributed by atoms with Gasteiger partial charge in [0.15, 0.2) is 0 Å². The summed E-state index contributed by atoms with van der Waals surface area (Å²) in [7, 11) is -1.17. The van der Waals surface area contributed by atoms with E-state index in [4.69, 9.17) is 11.6 Å². The van der Waals surface area contributed by atoms with Gasteiger partial charge in [-0.1, -0.05) is 11.6 Å². The highest BCUT2D eigenvalue weighted by molar-refractivity contribution is 7.84. The van der Waals surface area contributed by atoms with Gasteiger partial charge in [0, 0.05) is 27.0 Å². The largest absolute Gasteiger partial charge is 0.255 e. The monoisotopic (exact) mass is 192 g/mol. The lowest BCUT2D eigenvalue weighted by atomic mass is 10.3. The molecule has 0 aliphatic rings. The first-order valence-corrected chi connectivity index (χ1v) is 4.83. The first-order valence-electron chi connectivity index (χ1n) is 2.89. The summed E-state index contributed by atoms with van der Waals surface area (Å²) in [4.78, 5) is 0.412. The molecule has 0 aromatic heterocycles. The van der Waals surface area contributed by atoms with Crippen LogP contribution in [0.5, 0.6) is 0 Å². The zero-order chi connectivity index (χ0) is 8.43. The molecule has 0 amide bonds. The summed E-state index contributed by atoms with van der Waals surface area (Å²) < 4.78 is 23.4. The molecule has 0 aliphatic heterocycles. The molecule has 0 aliphatic carbocycles. The van der Waals surface area contributed by atoms with Crippen LogP contribution in [0.3, 0.4) is 0 Å². The summed E-state index contributed by atoms with van der Waals surface area (Å²) in [5.41, 5.74) is 0. The van der Waals surface area contributed by atoms with Crippen LogP contribution in [0.15, 0.2) is 23.1 Å². The average Bonchev–Trinajstić information content (AvgIpc) is 1.85. The molecule has 0 N–H and O–H groups in total. The van der Waals surface area contributed by atoms with Crippen molar-refractivity contribution in [1.82, 2.24) is 0 Å². The molecule has 1 aromatic carbocycles. The zero-order valence-corrected chi connectivity index (χ0v) is 7.38. The van der Waals surface area contributed by atoms with Gasteiger partial charge in [-0.2, -0.15) is 0 Å². The summed E-state index contributed by atoms with van der Waals surface area (Å²) >= 11 is 5.52. The number of rotatable bonds is 1. The van der Waals surface area contributed by atoms with E-state index in [0.29, 0.717) is 4.90 Å². The second-order valence-corrected chi connectivity index (χ2v) is 3.88. The van der Waals surface area contributed by atoms with Crippen molar-refractivity contribution in [3.63, 3.8) is 0 Å². The maximum Gasteiger partial charge on any atom is 0.125 e. The van der Waals surface area contributed by atoms with Gasteiger partial charge in [-0.25, -0.2) is 4.39 Å². The highest BCUT2D eigenvalue weighted by Crippen LogP contribution is 2.15. The molecule has 1 unspecified atom stereocenters. The van der Waals surface area contributed by atoms with Crippen LogP contribution >= 0.6 is 11.6 Å². The average molecular weight is 193 g/mol. The molecule has 4 heteroatoms. The van der Waals surface area contributed by atoms with Gasteiger partial charge in [-0.3, -0.25) is 4.21 Å². The number of benzene rings is 1. The molecule has 0 fully saturated rings. The normalized spacial score (nSPS) is 13.0. The van der Waals surface area contributed by atoms with E-state index >= 15 is 0 Å². The van der Waals surface area contributed by atoms with Crippen molar-refractivity contribution in [3.05, 3.63) is 29.0 Å². The molecule has 0 radical (unpaired) electrons. The SMILES string of the molecule is CS(=O)c1cc(F)cc(Cl)c1. The Hall–Kier alpha value is -0.410. The second kappa shape index (κ2) is 3.32. The summed E-state index contributed by atoms with van der Waals surface area (Å²) in [5, 5.41) is 0.273. The van der Waals surface area contributed by atoms with E-state index in [1.165, 1.54) is 24.5 Å². The number of hydrogen-bond donors (Lipinski definition) is 0. The number of halogens is 2. The lowest BCUT2D eigenvalue weighted by Crippen LogP contribution is -1.88. The van der Waals surface area contributed by atoms with Crippen LogP contribution in [0.4, 0.5) is 4.39 Å². The molecule has 0 bridgehead atoms. The van der Waals surface area contributed by atoms with E-state index in [1.807, 2.05) is 0 Å². The van der Waals surface area contributed by atoms with Gasteiger partial charge in [-0.05, 0) is 18.2 Å². The van der Waals surface area contributed by atoms with Gasteiger partial charge in [0.2, 0.25) is 0 Å². The Labute approximate surface area is 71.6 Å². The van der Waals surface area contributed by atoms with E-state index in [9.17, 15) is 8.60 Å². The molecule has 1 atom stereocenters. The minimum atomic E-state index is -1.17. The van der Waals surface area contributed by atoms with Crippen LogP contribution in [0.1, 0.15) is 0 Å². The first kappa shape index (κ1) is 8.68. The van der Waals surface area contributed by atoms with E-state index in [2.05, 4.69) is 0 Å². The van der Waals surface area contributed by atoms with Gasteiger partial charge in [0.05, 0.1) is 0 Å². The Morgan fingerprint density at radius 3 is 2.55 bits per heavy atom. The minimum Gasteiger partial charge on any atom is -0.255 e. The molecule has 0 saturated carbocycles. The fourth-order valence-corrected chi connectivity index (χ4v) is 1.55. The highest BCUT2D eigenvalue weighted by atomic mass is 35.5. The van der Waals surface area contributed by atoms with Crippen LogP contribution in [-0.2, 0) is 10.8 Å². The molecule has 11 heavy (non-hydrogen) atoms. The van der Waals surface area contributed by atoms with E-state index in [1.54, 1.807) is 0 Å². The third kappa shape index (κ3) is 2.27. The third-order valence-electron chi connectivity index (χ3n) is 1.17. The smallest absolute Gasteiger partial charge is 0.125 e. The van der Waals surface area contributed by atoms with Crippen molar-refractivity contribution in [1.29, 1.82) is 0 Å². The van der Waals surface area contributed by atoms with E-state index in [0.717, 1.165) is 0 Å². The van der Waals surface area contributed by atoms with Crippen molar-refractivity contribution < 1.29 is 8.60 Å². The summed E-state index contributed by atoms with van der Waals surface area (Å²) in [6.45, 7) is 0. The van der Waals surface area contributed by atoms with Crippen LogP contribution in [0, 0.1) is 5.82 Å². The van der Waals surface area contributed by atoms with Crippen molar-refractivity contribution in [2.45, 2.75) is 4.90 Å². The van der Waals surface area contributed by atoms with Crippen molar-refractivity contribution in [2.24, 2.45) is 0 Å². The molecule has 60 valence electrons. The predicted molar refractivity (Wildman–Crippen MR) is 43.7 cm³/mol. The Morgan fingerprint density at radius 2 is 2.09 bits per heavy atom. The molecule has 0 spiro atoms. The predicted octanol–water partition coefficient (Wildman–Crippen LogP) is 2.22. The topological polar surface area (TPSA) is 17.1 Å². The third-order valence-corrected chi connectivity index (χ3v) is 2.29. The van der Waals surface area contributed by atoms with Crippen molar-refractivity contribution in [2.75, 3.05) is 6.26 Å². The zero-order valence-electron chi connectivity index (χ0n) is 5.80. The van der Waals surface area contributed by atoms with Crippen LogP contribution in [-0.4, -0.2) is 10.5 Å². The molecular weight excluding hydrogens is 187 g/mol. The highest BCUT2D eigenvalue weighted by Gasteiger charge is 2.01. The summed E-state index contributed by atoms with van der Waals surface area (Å²) in [6, 6.07) is 3.88. The first-order chi connectivity index (χ1) is 5.09. The van der Waals surface area contributed by atoms with Gasteiger partial charge >= 0.3 is 0 Å². The maximum absolute atomic E-state index is 12.6. The Morgan fingerprint density at radius 1 is 1.45 bits per heavy atom. The van der Waals surface area contributed by atoms with Gasteiger partial charge in [0.1, 0.15) is 5.82 Å². The Kier molecular flexibility index (Phi) is 2.62. The van der Waals surface area contributed by atoms with E-state index in [-0.39, 0.29) is 5.02 Å². The summed E-state index contributed by atoms with van der Waals surface area (Å²) in [6.07, 6.45) is 1.48. The van der Waals surface area contributed by atoms with Crippen LogP contribution in [0.2, 0.25) is 5.02 Å². The second-order valence-electron chi connectivity index (χ2n) is 2.06. The van der Waals surface area contributed by atoms with Gasteiger partial charge < -0.3 is 0 Å².